The van der Waals surface area contributed by atoms with Gasteiger partial charge in [-0.2, -0.15) is 0 Å². The maximum absolute atomic E-state index is 2.96. The lowest BCUT2D eigenvalue weighted by molar-refractivity contribution is 0.120. The van der Waals surface area contributed by atoms with Gasteiger partial charge in [-0.15, -0.1) is 0 Å². The highest BCUT2D eigenvalue weighted by atomic mass is 28.3. The summed E-state index contributed by atoms with van der Waals surface area (Å²) in [6, 6.07) is 98.0. The molecule has 3 saturated carbocycles. The van der Waals surface area contributed by atoms with Crippen LogP contribution in [0.25, 0.3) is 16.7 Å². The van der Waals surface area contributed by atoms with Gasteiger partial charge in [0.2, 0.25) is 0 Å². The van der Waals surface area contributed by atoms with Crippen LogP contribution in [-0.4, -0.2) is 71.6 Å². The predicted molar refractivity (Wildman–Crippen MR) is 605 cm³/mol. The van der Waals surface area contributed by atoms with Gasteiger partial charge < -0.3 is 28.4 Å². The van der Waals surface area contributed by atoms with Crippen molar-refractivity contribution in [1.82, 2.24) is 13.7 Å². The molecule has 10 aromatic carbocycles. The molecule has 6 nitrogen and oxygen atoms in total. The zero-order chi connectivity index (χ0) is 99.4. The van der Waals surface area contributed by atoms with Crippen molar-refractivity contribution in [2.45, 2.75) is 311 Å². The van der Waals surface area contributed by atoms with Gasteiger partial charge in [-0.25, -0.2) is 0 Å². The third-order valence-electron chi connectivity index (χ3n) is 34.3. The number of nitrogens with zero attached hydrogens (tertiary/aromatic N) is 6. The largest absolute Gasteiger partial charge is 0.314 e. The Labute approximate surface area is 838 Å². The minimum atomic E-state index is -1.97. The maximum Gasteiger partial charge on any atom is 0.127 e. The molecule has 0 radical (unpaired) electrons. The van der Waals surface area contributed by atoms with Gasteiger partial charge in [-0.05, 0) is 395 Å². The first-order valence-electron chi connectivity index (χ1n) is 52.5. The van der Waals surface area contributed by atoms with Crippen molar-refractivity contribution in [2.24, 2.45) is 53.3 Å². The van der Waals surface area contributed by atoms with Crippen LogP contribution in [0.4, 0.5) is 51.2 Å². The van der Waals surface area contributed by atoms with E-state index in [0.717, 1.165) is 5.92 Å². The minimum Gasteiger partial charge on any atom is -0.314 e. The molecule has 13 unspecified atom stereocenters. The van der Waals surface area contributed by atoms with Crippen molar-refractivity contribution in [3.63, 3.8) is 0 Å². The monoisotopic (exact) mass is 1880 g/mol. The van der Waals surface area contributed by atoms with Gasteiger partial charge >= 0.3 is 0 Å². The highest BCUT2D eigenvalue weighted by molar-refractivity contribution is 6.77. The molecule has 9 aliphatic rings. The van der Waals surface area contributed by atoms with Gasteiger partial charge in [0.05, 0.1) is 0 Å². The van der Waals surface area contributed by atoms with E-state index in [1.807, 2.05) is 0 Å². The topological polar surface area (TPSA) is 19.4 Å². The summed E-state index contributed by atoms with van der Waals surface area (Å²) < 4.78 is 8.87. The van der Waals surface area contributed by atoms with E-state index in [2.05, 4.69) is 558 Å². The Morgan fingerprint density at radius 2 is 0.536 bits per heavy atom. The number of allylic oxidation sites excluding steroid dienone is 12. The molecule has 9 heteroatoms. The second kappa shape index (κ2) is 36.2. The number of anilines is 9. The van der Waals surface area contributed by atoms with E-state index in [9.17, 15) is 0 Å². The SMILES string of the molecule is CC1(C)C2=CC3C(c4ccccc4)CC([Si](C)(C)N(C(C)(C)C)C(C)(C)C)C3C=C2c2ccc(N(c3ccccc3)c3ccccc3)cc21.CC1C(C)C([Si](C)(C)N(C(C)(C)C)C(C)(C)C)C2C=C3C(=CC12)C(C)(C)c1cc(N(c2ccccc2)c2ccccc2)ccc13.CC1CC2C=C3C(=CC2C1[Si](C)(C)N(C(C)(C)C)C(C)(C)C)c1ccc(N(c2ccccc2)c2ccccc2)cc1C3(C)C. The number of rotatable bonds is 16. The number of hydrogen-bond donors (Lipinski definition) is 0. The summed E-state index contributed by atoms with van der Waals surface area (Å²) in [4.78, 5) is 7.20. The first-order chi connectivity index (χ1) is 64.6. The summed E-state index contributed by atoms with van der Waals surface area (Å²) >= 11 is 0. The number of fused-ring (bicyclic) bond motifs is 12. The molecule has 724 valence electrons. The lowest BCUT2D eigenvalue weighted by Gasteiger charge is -2.57. The summed E-state index contributed by atoms with van der Waals surface area (Å²) in [5.41, 5.74) is 32.6. The highest BCUT2D eigenvalue weighted by Gasteiger charge is 2.62. The Morgan fingerprint density at radius 3 is 0.855 bits per heavy atom. The molecule has 13 atom stereocenters. The molecular formula is C129H166N6Si3. The molecule has 0 aliphatic heterocycles. The van der Waals surface area contributed by atoms with Crippen molar-refractivity contribution < 1.29 is 0 Å². The van der Waals surface area contributed by atoms with Crippen LogP contribution < -0.4 is 14.7 Å². The molecule has 0 saturated heterocycles. The molecule has 9 aliphatic carbocycles. The van der Waals surface area contributed by atoms with E-state index in [-0.39, 0.29) is 49.5 Å². The Kier molecular flexibility index (Phi) is 26.3. The fraction of sp³-hybridized carbons (Fsp3) is 0.442. The smallest absolute Gasteiger partial charge is 0.127 e. The summed E-state index contributed by atoms with van der Waals surface area (Å²) in [6.07, 6.45) is 19.1. The molecule has 138 heavy (non-hydrogen) atoms. The second-order valence-corrected chi connectivity index (χ2v) is 65.3. The van der Waals surface area contributed by atoms with E-state index in [1.165, 1.54) is 125 Å². The fourth-order valence-electron chi connectivity index (χ4n) is 31.8. The van der Waals surface area contributed by atoms with E-state index in [1.54, 1.807) is 11.1 Å². The van der Waals surface area contributed by atoms with Gasteiger partial charge in [0.1, 0.15) is 24.7 Å². The van der Waals surface area contributed by atoms with Crippen LogP contribution in [0.1, 0.15) is 245 Å². The van der Waals surface area contributed by atoms with Crippen molar-refractivity contribution >= 4 is 92.6 Å². The highest BCUT2D eigenvalue weighted by Crippen LogP contribution is 2.68. The predicted octanol–water partition coefficient (Wildman–Crippen LogP) is 35.9. The third kappa shape index (κ3) is 17.9. The molecule has 3 fully saturated rings. The summed E-state index contributed by atoms with van der Waals surface area (Å²) in [5, 5.41) is 0. The van der Waals surface area contributed by atoms with E-state index in [4.69, 9.17) is 0 Å². The van der Waals surface area contributed by atoms with E-state index in [0.29, 0.717) is 69.9 Å². The van der Waals surface area contributed by atoms with Gasteiger partial charge in [0, 0.05) is 101 Å². The summed E-state index contributed by atoms with van der Waals surface area (Å²) in [5.74, 6) is 6.02. The lowest BCUT2D eigenvalue weighted by atomic mass is 9.73. The number of para-hydroxylation sites is 6. The lowest BCUT2D eigenvalue weighted by Crippen LogP contribution is -2.67. The minimum absolute atomic E-state index is 0.0294. The average Bonchev–Trinajstić information content (AvgIpc) is 1.55. The van der Waals surface area contributed by atoms with Crippen LogP contribution in [0.2, 0.25) is 55.9 Å². The van der Waals surface area contributed by atoms with Gasteiger partial charge in [0.25, 0.3) is 0 Å². The second-order valence-electron chi connectivity index (χ2n) is 52.0. The average molecular weight is 1890 g/mol. The van der Waals surface area contributed by atoms with Gasteiger partial charge in [0.15, 0.2) is 0 Å². The maximum atomic E-state index is 2.96. The Balaban J connectivity index is 0.000000143. The van der Waals surface area contributed by atoms with E-state index < -0.39 is 24.7 Å². The molecular weight excluding hydrogens is 1720 g/mol. The van der Waals surface area contributed by atoms with Crippen LogP contribution in [-0.2, 0) is 16.2 Å². The first-order valence-corrected chi connectivity index (χ1v) is 61.6. The van der Waals surface area contributed by atoms with Gasteiger partial charge in [-0.1, -0.05) is 296 Å². The standard InChI is InChI=1S/C46H56N2Si.C42H56N2Si.C41H54N2Si/c1-44(2,3)48(45(4,5)6)49(9,10)43-31-37(32-20-14-11-15-21-32)38-30-42-39(29-40(38)43)36-27-26-35(28-41(36)46(42,7)8)47(33-22-16-12-17-23-33)34-24-18-13-19-25-34;1-28-29(2)39(45(11,12)44(40(3,4)5)41(6,7)8)36-26-35-33-24-23-32(25-37(33)42(9,10)38(35)27-34(28)36)43(30-19-15-13-16-20-30)31-21-17-14-18-22-31;1-28-24-29-25-36-35(27-34(29)38(28)44(10,11)43(39(2,3)4)40(5,6)7)33-23-22-32(26-37(33)41(36,8)9)42(30-18-14-12-15-19-30)31-20-16-13-17-21-31/h11-30,37-38,40,43H,31H2,1-10H3;13-29,34,36,39H,1-12H3;12-23,25-29,34,38H,24H2,1-11H3. The molecule has 0 spiro atoms. The van der Waals surface area contributed by atoms with Crippen LogP contribution in [0, 0.1) is 53.3 Å². The van der Waals surface area contributed by atoms with E-state index >= 15 is 0 Å². The van der Waals surface area contributed by atoms with Crippen LogP contribution in [0.15, 0.2) is 320 Å². The van der Waals surface area contributed by atoms with Crippen molar-refractivity contribution in [3.8, 4) is 0 Å². The Hall–Kier alpha value is -9.43. The normalized spacial score (nSPS) is 24.3. The molecule has 0 bridgehead atoms. The van der Waals surface area contributed by atoms with Crippen LogP contribution >= 0.6 is 0 Å². The summed E-state index contributed by atoms with van der Waals surface area (Å²) in [7, 11) is -5.73. The number of hydrogen-bond acceptors (Lipinski definition) is 6. The first kappa shape index (κ1) is 100. The molecule has 0 aromatic heterocycles. The number of benzene rings is 10. The van der Waals surface area contributed by atoms with Crippen molar-refractivity contribution in [2.75, 3.05) is 14.7 Å². The van der Waals surface area contributed by atoms with Crippen LogP contribution in [0.3, 0.4) is 0 Å². The van der Waals surface area contributed by atoms with Crippen molar-refractivity contribution in [3.05, 3.63) is 359 Å². The molecule has 10 aromatic rings. The Morgan fingerprint density at radius 1 is 0.261 bits per heavy atom. The molecule has 0 heterocycles. The molecule has 19 rings (SSSR count). The molecule has 0 amide bonds. The zero-order valence-corrected chi connectivity index (χ0v) is 93.5. The third-order valence-corrected chi connectivity index (χ3v) is 49.3. The van der Waals surface area contributed by atoms with Crippen LogP contribution in [0.5, 0.6) is 0 Å². The van der Waals surface area contributed by atoms with Gasteiger partial charge in [-0.3, -0.25) is 0 Å². The molecule has 0 N–H and O–H groups in total. The zero-order valence-electron chi connectivity index (χ0n) is 90.5. The van der Waals surface area contributed by atoms with Crippen molar-refractivity contribution in [1.29, 1.82) is 0 Å². The summed E-state index contributed by atoms with van der Waals surface area (Å²) in [6.45, 7) is 82.3. The quantitative estimate of drug-likeness (QED) is 0.0892. The fourth-order valence-corrected chi connectivity index (χ4v) is 50.8. The Bertz CT molecular complexity index is 6130.